The average Bonchev–Trinajstić information content (AvgIpc) is 3.04. The molecule has 3 aromatic rings. The largest absolute Gasteiger partial charge is 0.508 e. The predicted octanol–water partition coefficient (Wildman–Crippen LogP) is -0.296. The van der Waals surface area contributed by atoms with Gasteiger partial charge in [0, 0.05) is 6.07 Å². The van der Waals surface area contributed by atoms with Gasteiger partial charge in [-0.2, -0.15) is 0 Å². The Balaban J connectivity index is 1.15. The highest BCUT2D eigenvalue weighted by atomic mass is 16.7. The van der Waals surface area contributed by atoms with Gasteiger partial charge in [0.25, 0.3) is 0 Å². The molecule has 6 rings (SSSR count). The van der Waals surface area contributed by atoms with E-state index in [2.05, 4.69) is 0 Å². The fraction of sp³-hybridized carbons (Fsp3) is 0.469. The fourth-order valence-electron chi connectivity index (χ4n) is 5.75. The minimum atomic E-state index is -1.71. The highest BCUT2D eigenvalue weighted by molar-refractivity contribution is 5.93. The number of fused-ring (bicyclic) bond motifs is 2. The van der Waals surface area contributed by atoms with E-state index < -0.39 is 79.0 Å². The Labute approximate surface area is 267 Å². The molecule has 47 heavy (non-hydrogen) atoms. The summed E-state index contributed by atoms with van der Waals surface area (Å²) in [6.07, 6.45) is -10.1. The smallest absolute Gasteiger partial charge is 0.204 e. The lowest BCUT2D eigenvalue weighted by molar-refractivity contribution is -0.330. The summed E-state index contributed by atoms with van der Waals surface area (Å²) in [7, 11) is 0. The maximum atomic E-state index is 13.3. The van der Waals surface area contributed by atoms with Crippen LogP contribution in [0.3, 0.4) is 0 Å². The number of phenols is 2. The number of aromatic hydroxyl groups is 2. The Morgan fingerprint density at radius 3 is 2.21 bits per heavy atom. The summed E-state index contributed by atoms with van der Waals surface area (Å²) in [4.78, 5) is 13.3. The number of hydrogen-bond donors (Lipinski definition) is 8. The van der Waals surface area contributed by atoms with Gasteiger partial charge in [0.2, 0.25) is 5.43 Å². The summed E-state index contributed by atoms with van der Waals surface area (Å²) in [5.74, 6) is -0.162. The molecular formula is C32H36O15. The Morgan fingerprint density at radius 2 is 1.51 bits per heavy atom. The van der Waals surface area contributed by atoms with Gasteiger partial charge in [0.05, 0.1) is 30.4 Å². The summed E-state index contributed by atoms with van der Waals surface area (Å²) in [5.41, 5.74) is -0.752. The van der Waals surface area contributed by atoms with Crippen LogP contribution < -0.4 is 10.2 Å². The maximum absolute atomic E-state index is 13.3. The van der Waals surface area contributed by atoms with Crippen LogP contribution in [0.5, 0.6) is 17.2 Å². The summed E-state index contributed by atoms with van der Waals surface area (Å²) in [6.45, 7) is 2.41. The molecule has 3 aliphatic heterocycles. The van der Waals surface area contributed by atoms with Crippen LogP contribution in [0.25, 0.3) is 28.2 Å². The van der Waals surface area contributed by atoms with Crippen LogP contribution in [-0.4, -0.2) is 121 Å². The highest BCUT2D eigenvalue weighted by Crippen LogP contribution is 2.41. The lowest BCUT2D eigenvalue weighted by Crippen LogP contribution is -2.61. The molecule has 15 heteroatoms. The molecule has 0 saturated carbocycles. The molecule has 3 aliphatic rings. The van der Waals surface area contributed by atoms with Crippen molar-refractivity contribution in [1.29, 1.82) is 0 Å². The molecule has 0 aliphatic carbocycles. The van der Waals surface area contributed by atoms with E-state index in [1.54, 1.807) is 31.2 Å². The van der Waals surface area contributed by atoms with Crippen molar-refractivity contribution < 1.29 is 69.0 Å². The molecule has 2 fully saturated rings. The third-order valence-corrected chi connectivity index (χ3v) is 8.60. The van der Waals surface area contributed by atoms with Crippen molar-refractivity contribution >= 4 is 17.0 Å². The first-order valence-electron chi connectivity index (χ1n) is 14.9. The Hall–Kier alpha value is -3.61. The van der Waals surface area contributed by atoms with E-state index >= 15 is 0 Å². The van der Waals surface area contributed by atoms with Crippen molar-refractivity contribution in [2.45, 2.75) is 80.9 Å². The van der Waals surface area contributed by atoms with Gasteiger partial charge >= 0.3 is 0 Å². The van der Waals surface area contributed by atoms with Gasteiger partial charge < -0.3 is 69.0 Å². The number of rotatable bonds is 7. The number of hydrogen-bond acceptors (Lipinski definition) is 15. The van der Waals surface area contributed by atoms with E-state index in [9.17, 15) is 45.6 Å². The number of ether oxygens (including phenoxy) is 5. The molecule has 2 aromatic carbocycles. The average molecular weight is 661 g/mol. The Morgan fingerprint density at radius 1 is 0.851 bits per heavy atom. The van der Waals surface area contributed by atoms with Crippen molar-refractivity contribution in [3.63, 3.8) is 0 Å². The van der Waals surface area contributed by atoms with E-state index in [1.807, 2.05) is 0 Å². The van der Waals surface area contributed by atoms with Gasteiger partial charge in [-0.15, -0.1) is 0 Å². The standard InChI is InChI=1S/C32H36O15/c1-13-22(34)26(38)28(40)30(45-13)43-11-20-25(37)27(39)29(41)31(46-20)44-12-32(2)8-7-16-18(47-32)9-19-21(23(16)35)24(36)17(10-42-19)14-3-5-15(33)6-4-14/h3-10,13,20,22,25-31,33-35,37-41H,11-12H2,1-2H3/t13-,20+,22+,25-,26-,27+,28-,29-,30-,31-,32-/m1/s1. The number of phenolic OH excluding ortho intramolecular Hbond substituents is 2. The number of aliphatic hydroxyl groups excluding tert-OH is 6. The second-order valence-corrected chi connectivity index (χ2v) is 12.1. The third-order valence-electron chi connectivity index (χ3n) is 8.60. The second-order valence-electron chi connectivity index (χ2n) is 12.1. The van der Waals surface area contributed by atoms with E-state index in [4.69, 9.17) is 28.1 Å². The zero-order valence-corrected chi connectivity index (χ0v) is 25.2. The molecule has 0 amide bonds. The van der Waals surface area contributed by atoms with Gasteiger partial charge in [0.1, 0.15) is 82.8 Å². The number of aliphatic hydroxyl groups is 6. The van der Waals surface area contributed by atoms with Crippen LogP contribution in [0.4, 0.5) is 0 Å². The van der Waals surface area contributed by atoms with Crippen LogP contribution in [-0.2, 0) is 18.9 Å². The molecule has 8 N–H and O–H groups in total. The van der Waals surface area contributed by atoms with Gasteiger partial charge in [-0.25, -0.2) is 0 Å². The summed E-state index contributed by atoms with van der Waals surface area (Å²) in [5, 5.41) is 82.3. The first kappa shape index (κ1) is 33.3. The van der Waals surface area contributed by atoms with Crippen molar-refractivity contribution in [3.05, 3.63) is 58.5 Å². The zero-order chi connectivity index (χ0) is 33.8. The summed E-state index contributed by atoms with van der Waals surface area (Å²) in [6, 6.07) is 7.40. The van der Waals surface area contributed by atoms with Crippen LogP contribution in [0, 0.1) is 0 Å². The van der Waals surface area contributed by atoms with Crippen LogP contribution >= 0.6 is 0 Å². The van der Waals surface area contributed by atoms with Gasteiger partial charge in [-0.05, 0) is 43.7 Å². The van der Waals surface area contributed by atoms with E-state index in [0.29, 0.717) is 5.56 Å². The van der Waals surface area contributed by atoms with E-state index in [-0.39, 0.29) is 46.0 Å². The first-order chi connectivity index (χ1) is 22.3. The third kappa shape index (κ3) is 6.23. The van der Waals surface area contributed by atoms with Gasteiger partial charge in [-0.3, -0.25) is 4.79 Å². The summed E-state index contributed by atoms with van der Waals surface area (Å²) >= 11 is 0. The molecule has 0 radical (unpaired) electrons. The molecule has 0 bridgehead atoms. The molecule has 4 heterocycles. The fourth-order valence-corrected chi connectivity index (χ4v) is 5.75. The molecule has 11 atom stereocenters. The van der Waals surface area contributed by atoms with Crippen LogP contribution in [0.2, 0.25) is 0 Å². The SMILES string of the molecule is C[C@H]1O[C@@H](OC[C@@H]2O[C@@H](OC[C@@]3(C)C=Cc4c(cc5occ(-c6ccc(O)cc6)c(=O)c5c4O)O3)[C@H](O)[C@@H](O)[C@@H]2O)[C@H](O)[C@H](O)[C@H]1O. The van der Waals surface area contributed by atoms with Gasteiger partial charge in [0.15, 0.2) is 12.6 Å². The Kier molecular flexibility index (Phi) is 9.05. The minimum Gasteiger partial charge on any atom is -0.508 e. The van der Waals surface area contributed by atoms with Crippen molar-refractivity contribution in [3.8, 4) is 28.4 Å². The molecule has 0 unspecified atom stereocenters. The van der Waals surface area contributed by atoms with E-state index in [0.717, 1.165) is 0 Å². The topological polar surface area (TPSA) is 238 Å². The van der Waals surface area contributed by atoms with Crippen LogP contribution in [0.15, 0.2) is 51.9 Å². The van der Waals surface area contributed by atoms with Crippen LogP contribution in [0.1, 0.15) is 19.4 Å². The lowest BCUT2D eigenvalue weighted by Gasteiger charge is -2.43. The highest BCUT2D eigenvalue weighted by Gasteiger charge is 2.47. The van der Waals surface area contributed by atoms with Gasteiger partial charge in [-0.1, -0.05) is 12.1 Å². The quantitative estimate of drug-likeness (QED) is 0.162. The number of benzene rings is 2. The summed E-state index contributed by atoms with van der Waals surface area (Å²) < 4.78 is 34.2. The molecule has 254 valence electrons. The monoisotopic (exact) mass is 660 g/mol. The second kappa shape index (κ2) is 12.8. The van der Waals surface area contributed by atoms with Crippen molar-refractivity contribution in [2.75, 3.05) is 13.2 Å². The first-order valence-corrected chi connectivity index (χ1v) is 14.9. The van der Waals surface area contributed by atoms with E-state index in [1.165, 1.54) is 31.4 Å². The normalized spacial score (nSPS) is 35.4. The van der Waals surface area contributed by atoms with Crippen molar-refractivity contribution in [1.82, 2.24) is 0 Å². The van der Waals surface area contributed by atoms with Crippen molar-refractivity contribution in [2.24, 2.45) is 0 Å². The maximum Gasteiger partial charge on any atom is 0.204 e. The minimum absolute atomic E-state index is 0.0289. The lowest BCUT2D eigenvalue weighted by atomic mass is 9.97. The molecule has 2 saturated heterocycles. The molecular weight excluding hydrogens is 624 g/mol. The molecule has 1 aromatic heterocycles. The Bertz CT molecular complexity index is 1690. The molecule has 0 spiro atoms. The zero-order valence-electron chi connectivity index (χ0n) is 25.2. The predicted molar refractivity (Wildman–Crippen MR) is 160 cm³/mol. The molecule has 15 nitrogen and oxygen atoms in total.